The first-order valence-corrected chi connectivity index (χ1v) is 5.04. The maximum absolute atomic E-state index is 5.35. The minimum Gasteiger partial charge on any atom is -0.353 e. The van der Waals surface area contributed by atoms with Gasteiger partial charge in [0.15, 0.2) is 0 Å². The van der Waals surface area contributed by atoms with Gasteiger partial charge in [0.25, 0.3) is 0 Å². The fraction of sp³-hybridized carbons (Fsp3) is 0.556. The van der Waals surface area contributed by atoms with Gasteiger partial charge in [0.2, 0.25) is 5.96 Å². The molecule has 4 N–H and O–H groups in total. The van der Waals surface area contributed by atoms with Crippen LogP contribution in [0.15, 0.2) is 17.3 Å². The molecule has 0 saturated heterocycles. The smallest absolute Gasteiger partial charge is 0.206 e. The van der Waals surface area contributed by atoms with Gasteiger partial charge in [-0.05, 0) is 18.9 Å². The van der Waals surface area contributed by atoms with Crippen molar-refractivity contribution < 1.29 is 0 Å². The Morgan fingerprint density at radius 1 is 1.73 bits per heavy atom. The molecule has 15 heavy (non-hydrogen) atoms. The number of hydrazine groups is 1. The zero-order chi connectivity index (χ0) is 10.7. The zero-order valence-electron chi connectivity index (χ0n) is 8.77. The number of nitrogens with two attached hydrogens (primary N) is 1. The summed E-state index contributed by atoms with van der Waals surface area (Å²) in [5.41, 5.74) is 3.49. The maximum Gasteiger partial charge on any atom is 0.206 e. The van der Waals surface area contributed by atoms with Gasteiger partial charge in [0.05, 0.1) is 12.2 Å². The van der Waals surface area contributed by atoms with E-state index in [2.05, 4.69) is 20.8 Å². The van der Waals surface area contributed by atoms with Crippen LogP contribution in [0.25, 0.3) is 0 Å². The molecule has 0 aromatic carbocycles. The molecule has 0 atom stereocenters. The highest BCUT2D eigenvalue weighted by molar-refractivity contribution is 5.79. The minimum absolute atomic E-state index is 0.542. The molecule has 0 aliphatic heterocycles. The number of guanidine groups is 1. The van der Waals surface area contributed by atoms with Crippen molar-refractivity contribution in [1.82, 2.24) is 20.5 Å². The molecular weight excluding hydrogens is 192 g/mol. The summed E-state index contributed by atoms with van der Waals surface area (Å²) in [5.74, 6) is 5.99. The number of nitrogens with one attached hydrogen (secondary N) is 2. The third kappa shape index (κ3) is 2.95. The van der Waals surface area contributed by atoms with Crippen LogP contribution in [-0.2, 0) is 13.6 Å². The molecule has 0 radical (unpaired) electrons. The lowest BCUT2D eigenvalue weighted by molar-refractivity contribution is 0.738. The lowest BCUT2D eigenvalue weighted by atomic mass is 10.4. The van der Waals surface area contributed by atoms with Crippen molar-refractivity contribution in [3.63, 3.8) is 0 Å². The summed E-state index contributed by atoms with van der Waals surface area (Å²) < 4.78 is 1.76. The van der Waals surface area contributed by atoms with Crippen molar-refractivity contribution in [2.24, 2.45) is 17.9 Å². The van der Waals surface area contributed by atoms with Crippen LogP contribution >= 0.6 is 0 Å². The van der Waals surface area contributed by atoms with E-state index < -0.39 is 0 Å². The van der Waals surface area contributed by atoms with Gasteiger partial charge in [0.1, 0.15) is 0 Å². The third-order valence-electron chi connectivity index (χ3n) is 2.22. The van der Waals surface area contributed by atoms with Crippen LogP contribution in [-0.4, -0.2) is 21.8 Å². The summed E-state index contributed by atoms with van der Waals surface area (Å²) in [6.07, 6.45) is 4.29. The quantitative estimate of drug-likeness (QED) is 0.270. The average molecular weight is 208 g/mol. The fourth-order valence-corrected chi connectivity index (χ4v) is 1.26. The van der Waals surface area contributed by atoms with E-state index in [1.807, 2.05) is 19.3 Å². The molecule has 0 bridgehead atoms. The SMILES string of the molecule is Cn1ccc(CN=C(NN)NC2CC2)n1. The predicted octanol–water partition coefficient (Wildman–Crippen LogP) is -0.509. The Hall–Kier alpha value is -1.56. The molecule has 1 saturated carbocycles. The van der Waals surface area contributed by atoms with Gasteiger partial charge < -0.3 is 5.32 Å². The van der Waals surface area contributed by atoms with Gasteiger partial charge in [-0.1, -0.05) is 0 Å². The van der Waals surface area contributed by atoms with Crippen LogP contribution in [0.1, 0.15) is 18.5 Å². The van der Waals surface area contributed by atoms with E-state index in [0.717, 1.165) is 5.69 Å². The first-order valence-electron chi connectivity index (χ1n) is 5.04. The number of nitrogens with zero attached hydrogens (tertiary/aromatic N) is 3. The van der Waals surface area contributed by atoms with Crippen LogP contribution in [0, 0.1) is 0 Å². The first kappa shape index (κ1) is 9.97. The largest absolute Gasteiger partial charge is 0.353 e. The fourth-order valence-electron chi connectivity index (χ4n) is 1.26. The maximum atomic E-state index is 5.35. The van der Waals surface area contributed by atoms with E-state index in [4.69, 9.17) is 5.84 Å². The monoisotopic (exact) mass is 208 g/mol. The predicted molar refractivity (Wildman–Crippen MR) is 57.8 cm³/mol. The Balaban J connectivity index is 1.89. The second kappa shape index (κ2) is 4.31. The summed E-state index contributed by atoms with van der Waals surface area (Å²) in [5, 5.41) is 7.42. The standard InChI is InChI=1S/C9H16N6/c1-15-5-4-8(14-15)6-11-9(13-10)12-7-2-3-7/h4-5,7H,2-3,6,10H2,1H3,(H2,11,12,13). The summed E-state index contributed by atoms with van der Waals surface area (Å²) in [6.45, 7) is 0.542. The summed E-state index contributed by atoms with van der Waals surface area (Å²) in [6, 6.07) is 2.48. The van der Waals surface area contributed by atoms with Crippen molar-refractivity contribution in [2.45, 2.75) is 25.4 Å². The van der Waals surface area contributed by atoms with Crippen LogP contribution in [0.2, 0.25) is 0 Å². The molecule has 0 amide bonds. The highest BCUT2D eigenvalue weighted by Gasteiger charge is 2.21. The molecule has 2 rings (SSSR count). The van der Waals surface area contributed by atoms with Crippen molar-refractivity contribution >= 4 is 5.96 Å². The molecule has 1 aliphatic carbocycles. The van der Waals surface area contributed by atoms with Crippen LogP contribution in [0.4, 0.5) is 0 Å². The van der Waals surface area contributed by atoms with E-state index in [1.165, 1.54) is 12.8 Å². The number of hydrogen-bond donors (Lipinski definition) is 3. The molecule has 0 spiro atoms. The first-order chi connectivity index (χ1) is 7.28. The summed E-state index contributed by atoms with van der Waals surface area (Å²) in [7, 11) is 1.89. The summed E-state index contributed by atoms with van der Waals surface area (Å²) >= 11 is 0. The Bertz CT molecular complexity index is 351. The normalized spacial score (nSPS) is 16.5. The molecule has 1 aromatic heterocycles. The molecule has 0 unspecified atom stereocenters. The summed E-state index contributed by atoms with van der Waals surface area (Å²) in [4.78, 5) is 4.30. The Morgan fingerprint density at radius 3 is 3.07 bits per heavy atom. The van der Waals surface area contributed by atoms with E-state index in [0.29, 0.717) is 18.5 Å². The van der Waals surface area contributed by atoms with Crippen molar-refractivity contribution in [3.05, 3.63) is 18.0 Å². The molecule has 1 heterocycles. The van der Waals surface area contributed by atoms with Crippen LogP contribution in [0.5, 0.6) is 0 Å². The zero-order valence-corrected chi connectivity index (χ0v) is 8.77. The van der Waals surface area contributed by atoms with Crippen molar-refractivity contribution in [2.75, 3.05) is 0 Å². The topological polar surface area (TPSA) is 80.3 Å². The lowest BCUT2D eigenvalue weighted by Crippen LogP contribution is -2.42. The van der Waals surface area contributed by atoms with Gasteiger partial charge in [-0.15, -0.1) is 0 Å². The Labute approximate surface area is 88.5 Å². The second-order valence-corrected chi connectivity index (χ2v) is 3.71. The van der Waals surface area contributed by atoms with E-state index in [9.17, 15) is 0 Å². The number of aromatic nitrogens is 2. The van der Waals surface area contributed by atoms with Crippen LogP contribution in [0.3, 0.4) is 0 Å². The molecule has 6 heteroatoms. The van der Waals surface area contributed by atoms with Gasteiger partial charge in [-0.3, -0.25) is 10.1 Å². The van der Waals surface area contributed by atoms with E-state index in [-0.39, 0.29) is 0 Å². The van der Waals surface area contributed by atoms with Crippen LogP contribution < -0.4 is 16.6 Å². The lowest BCUT2D eigenvalue weighted by Gasteiger charge is -2.06. The second-order valence-electron chi connectivity index (χ2n) is 3.71. The molecule has 1 aromatic rings. The minimum atomic E-state index is 0.542. The van der Waals surface area contributed by atoms with E-state index >= 15 is 0 Å². The van der Waals surface area contributed by atoms with Gasteiger partial charge in [0, 0.05) is 19.3 Å². The highest BCUT2D eigenvalue weighted by Crippen LogP contribution is 2.18. The Morgan fingerprint density at radius 2 is 2.53 bits per heavy atom. The van der Waals surface area contributed by atoms with Crippen molar-refractivity contribution in [3.8, 4) is 0 Å². The molecule has 6 nitrogen and oxygen atoms in total. The van der Waals surface area contributed by atoms with Crippen molar-refractivity contribution in [1.29, 1.82) is 0 Å². The molecule has 82 valence electrons. The third-order valence-corrected chi connectivity index (χ3v) is 2.22. The number of aryl methyl sites for hydroxylation is 1. The highest BCUT2D eigenvalue weighted by atomic mass is 15.3. The molecule has 1 fully saturated rings. The van der Waals surface area contributed by atoms with Gasteiger partial charge in [-0.2, -0.15) is 5.10 Å². The molecule has 1 aliphatic rings. The Kier molecular flexibility index (Phi) is 2.86. The molecular formula is C9H16N6. The number of aliphatic imine (C=N–C) groups is 1. The average Bonchev–Trinajstić information content (AvgIpc) is 2.95. The number of rotatable bonds is 3. The number of hydrogen-bond acceptors (Lipinski definition) is 3. The van der Waals surface area contributed by atoms with Gasteiger partial charge in [-0.25, -0.2) is 10.8 Å². The van der Waals surface area contributed by atoms with E-state index in [1.54, 1.807) is 4.68 Å². The van der Waals surface area contributed by atoms with Gasteiger partial charge >= 0.3 is 0 Å².